The number of phenols is 2. The van der Waals surface area contributed by atoms with Gasteiger partial charge in [-0.25, -0.2) is 0 Å². The number of imide groups is 2. The minimum absolute atomic E-state index is 0.0660. The molecule has 3 fully saturated rings. The number of allylic oxidation sites excluding steroid dienone is 2. The number of hydrogen-bond acceptors (Lipinski definition) is 9. The van der Waals surface area contributed by atoms with E-state index in [9.17, 15) is 19.8 Å². The number of nitrogens with zero attached hydrogens (tertiary/aromatic N) is 2. The molecule has 0 bridgehead atoms. The molecule has 1 saturated carbocycles. The summed E-state index contributed by atoms with van der Waals surface area (Å²) in [5.74, 6) is -5.06. The van der Waals surface area contributed by atoms with Gasteiger partial charge in [0.25, 0.3) is 11.8 Å². The predicted octanol–water partition coefficient (Wildman–Crippen LogP) is 8.22. The molecule has 61 heavy (non-hydrogen) atoms. The molecule has 4 amide bonds. The van der Waals surface area contributed by atoms with Crippen molar-refractivity contribution in [2.24, 2.45) is 23.7 Å². The molecule has 13 heteroatoms. The minimum Gasteiger partial charge on any atom is -0.508 e. The zero-order valence-corrected chi connectivity index (χ0v) is 34.5. The number of amides is 4. The summed E-state index contributed by atoms with van der Waals surface area (Å²) in [6, 6.07) is 32.8. The first-order valence-corrected chi connectivity index (χ1v) is 20.8. The third kappa shape index (κ3) is 6.86. The molecular weight excluding hydrogens is 817 g/mol. The van der Waals surface area contributed by atoms with Crippen LogP contribution < -0.4 is 14.9 Å². The number of halogens is 2. The van der Waals surface area contributed by atoms with Crippen LogP contribution in [0.4, 0.5) is 5.69 Å². The fraction of sp³-hybridized carbons (Fsp3) is 0.250. The Hall–Kier alpha value is -6.30. The number of benzene rings is 5. The van der Waals surface area contributed by atoms with E-state index in [1.807, 2.05) is 36.4 Å². The van der Waals surface area contributed by atoms with Gasteiger partial charge in [0, 0.05) is 29.1 Å². The quantitative estimate of drug-likeness (QED) is 0.0884. The van der Waals surface area contributed by atoms with Crippen LogP contribution in [0.3, 0.4) is 0 Å². The van der Waals surface area contributed by atoms with Crippen molar-refractivity contribution >= 4 is 52.5 Å². The molecular formula is C48H41Cl2N3O8. The van der Waals surface area contributed by atoms with E-state index in [0.717, 1.165) is 16.1 Å². The number of fused-ring (bicyclic) bond motifs is 4. The van der Waals surface area contributed by atoms with Crippen LogP contribution in [-0.4, -0.2) is 57.4 Å². The van der Waals surface area contributed by atoms with E-state index in [4.69, 9.17) is 32.7 Å². The topological polar surface area (TPSA) is 146 Å². The van der Waals surface area contributed by atoms with E-state index in [-0.39, 0.29) is 60.0 Å². The Morgan fingerprint density at radius 1 is 0.787 bits per heavy atom. The maximum atomic E-state index is 15.6. The molecule has 0 radical (unpaired) electrons. The third-order valence-corrected chi connectivity index (χ3v) is 13.3. The SMILES string of the molecule is COc1ccc([C@@]23C(=O)N(Nc4ccc(Cl)cc4Cl)C(=O)[C@@H]2C[C@@H]2C(=CC[C@@H]4C(=O)N(CCc5ccc(O)cc5)C(=O)[C@@H]42)[C@@H]3c2ccc(OCc3ccccc3)cc2O)cc1. The van der Waals surface area contributed by atoms with Crippen molar-refractivity contribution in [3.8, 4) is 23.0 Å². The van der Waals surface area contributed by atoms with Gasteiger partial charge in [-0.2, -0.15) is 5.01 Å². The minimum atomic E-state index is -1.65. The third-order valence-electron chi connectivity index (χ3n) is 12.8. The lowest BCUT2D eigenvalue weighted by Gasteiger charge is -2.50. The molecule has 3 N–H and O–H groups in total. The summed E-state index contributed by atoms with van der Waals surface area (Å²) in [6.07, 6.45) is 2.62. The van der Waals surface area contributed by atoms with Crippen molar-refractivity contribution < 1.29 is 38.9 Å². The van der Waals surface area contributed by atoms with E-state index >= 15 is 9.59 Å². The number of likely N-dealkylation sites (tertiary alicyclic amines) is 1. The van der Waals surface area contributed by atoms with Crippen molar-refractivity contribution in [2.45, 2.75) is 37.2 Å². The molecule has 0 spiro atoms. The first-order valence-electron chi connectivity index (χ1n) is 20.1. The zero-order chi connectivity index (χ0) is 42.6. The fourth-order valence-corrected chi connectivity index (χ4v) is 10.4. The van der Waals surface area contributed by atoms with Gasteiger partial charge in [0.05, 0.1) is 41.0 Å². The summed E-state index contributed by atoms with van der Waals surface area (Å²) in [4.78, 5) is 60.7. The maximum Gasteiger partial charge on any atom is 0.260 e. The van der Waals surface area contributed by atoms with E-state index in [2.05, 4.69) is 5.43 Å². The number of carbonyl (C=O) groups is 4. The molecule has 4 aliphatic rings. The largest absolute Gasteiger partial charge is 0.508 e. The van der Waals surface area contributed by atoms with Gasteiger partial charge in [-0.05, 0) is 90.4 Å². The second-order valence-corrected chi connectivity index (χ2v) is 16.8. The lowest BCUT2D eigenvalue weighted by atomic mass is 9.49. The average Bonchev–Trinajstić information content (AvgIpc) is 3.64. The number of aromatic hydroxyl groups is 2. The summed E-state index contributed by atoms with van der Waals surface area (Å²) in [5, 5.41) is 23.4. The average molecular weight is 859 g/mol. The Morgan fingerprint density at radius 3 is 2.23 bits per heavy atom. The second kappa shape index (κ2) is 15.9. The Balaban J connectivity index is 1.17. The molecule has 5 aromatic rings. The summed E-state index contributed by atoms with van der Waals surface area (Å²) in [7, 11) is 1.53. The zero-order valence-electron chi connectivity index (χ0n) is 33.0. The van der Waals surface area contributed by atoms with Crippen molar-refractivity contribution in [1.29, 1.82) is 0 Å². The number of phenolic OH excluding ortho intramolecular Hbond substituents is 2. The molecule has 2 aliphatic heterocycles. The van der Waals surface area contributed by atoms with Crippen LogP contribution >= 0.6 is 23.2 Å². The normalized spacial score (nSPS) is 24.2. The first-order chi connectivity index (χ1) is 29.5. The standard InChI is InChI=1S/C48H41Cl2N3O8/c1-60-32-14-9-29(10-15-32)48-38(45(57)53(47(48)59)51-40-20-11-30(49)23-39(40)50)25-37-34(43(48)35-17-16-33(24-41(35)55)61-26-28-5-3-2-4-6-28)18-19-36-42(37)46(58)52(44(36)56)22-21-27-7-12-31(54)13-8-27/h2-18,20,23-24,36-38,42-43,51,54-55H,19,21-22,25-26H2,1H3/t36-,37+,38-,42-,43+,48+/m0/s1. The van der Waals surface area contributed by atoms with E-state index < -0.39 is 46.8 Å². The van der Waals surface area contributed by atoms with Gasteiger partial charge in [-0.3, -0.25) is 29.5 Å². The summed E-state index contributed by atoms with van der Waals surface area (Å²) in [5.41, 5.74) is 4.95. The van der Waals surface area contributed by atoms with Gasteiger partial charge in [-0.15, -0.1) is 0 Å². The molecule has 5 aromatic carbocycles. The second-order valence-electron chi connectivity index (χ2n) is 16.0. The fourth-order valence-electron chi connectivity index (χ4n) is 9.98. The van der Waals surface area contributed by atoms with Gasteiger partial charge in [0.2, 0.25) is 11.8 Å². The van der Waals surface area contributed by atoms with E-state index in [0.29, 0.717) is 39.6 Å². The molecule has 2 aliphatic carbocycles. The summed E-state index contributed by atoms with van der Waals surface area (Å²) in [6.45, 7) is 0.389. The molecule has 0 unspecified atom stereocenters. The number of methoxy groups -OCH3 is 1. The van der Waals surface area contributed by atoms with Crippen LogP contribution in [0.25, 0.3) is 0 Å². The number of hydrogen-bond donors (Lipinski definition) is 3. The maximum absolute atomic E-state index is 15.6. The monoisotopic (exact) mass is 857 g/mol. The van der Waals surface area contributed by atoms with Crippen molar-refractivity contribution in [3.05, 3.63) is 159 Å². The van der Waals surface area contributed by atoms with Crippen LogP contribution in [0.15, 0.2) is 127 Å². The number of hydrazine groups is 1. The number of ether oxygens (including phenoxy) is 2. The van der Waals surface area contributed by atoms with E-state index in [1.54, 1.807) is 72.8 Å². The Morgan fingerprint density at radius 2 is 1.52 bits per heavy atom. The van der Waals surface area contributed by atoms with Crippen LogP contribution in [0.2, 0.25) is 10.0 Å². The van der Waals surface area contributed by atoms with Gasteiger partial charge in [-0.1, -0.05) is 95.5 Å². The highest BCUT2D eigenvalue weighted by molar-refractivity contribution is 6.36. The van der Waals surface area contributed by atoms with Gasteiger partial charge in [0.15, 0.2) is 0 Å². The molecule has 310 valence electrons. The van der Waals surface area contributed by atoms with Gasteiger partial charge in [0.1, 0.15) is 29.6 Å². The van der Waals surface area contributed by atoms with Gasteiger partial charge >= 0.3 is 0 Å². The van der Waals surface area contributed by atoms with Crippen LogP contribution in [0, 0.1) is 23.7 Å². The molecule has 0 aromatic heterocycles. The summed E-state index contributed by atoms with van der Waals surface area (Å²) < 4.78 is 11.6. The molecule has 11 nitrogen and oxygen atoms in total. The molecule has 9 rings (SSSR count). The number of carbonyl (C=O) groups excluding carboxylic acids is 4. The van der Waals surface area contributed by atoms with Crippen molar-refractivity contribution in [3.63, 3.8) is 0 Å². The Labute approximate surface area is 362 Å². The van der Waals surface area contributed by atoms with Crippen LogP contribution in [-0.2, 0) is 37.6 Å². The highest BCUT2D eigenvalue weighted by Gasteiger charge is 2.70. The smallest absolute Gasteiger partial charge is 0.260 e. The lowest BCUT2D eigenvalue weighted by molar-refractivity contribution is -0.141. The van der Waals surface area contributed by atoms with Crippen molar-refractivity contribution in [1.82, 2.24) is 9.91 Å². The lowest BCUT2D eigenvalue weighted by Crippen LogP contribution is -2.53. The highest BCUT2D eigenvalue weighted by Crippen LogP contribution is 2.65. The summed E-state index contributed by atoms with van der Waals surface area (Å²) >= 11 is 12.8. The van der Waals surface area contributed by atoms with E-state index in [1.165, 1.54) is 24.1 Å². The van der Waals surface area contributed by atoms with Gasteiger partial charge < -0.3 is 19.7 Å². The van der Waals surface area contributed by atoms with Crippen molar-refractivity contribution in [2.75, 3.05) is 19.1 Å². The number of rotatable bonds is 11. The molecule has 6 atom stereocenters. The number of anilines is 1. The molecule has 2 saturated heterocycles. The Kier molecular flexibility index (Phi) is 10.5. The van der Waals surface area contributed by atoms with Crippen LogP contribution in [0.5, 0.6) is 23.0 Å². The van der Waals surface area contributed by atoms with Crippen LogP contribution in [0.1, 0.15) is 41.0 Å². The number of nitrogens with one attached hydrogen (secondary N) is 1. The first kappa shape index (κ1) is 40.1. The Bertz CT molecular complexity index is 2580. The predicted molar refractivity (Wildman–Crippen MR) is 228 cm³/mol. The molecule has 2 heterocycles. The highest BCUT2D eigenvalue weighted by atomic mass is 35.5.